The first-order valence-electron chi connectivity index (χ1n) is 9.48. The molecule has 1 fully saturated rings. The molecule has 0 bridgehead atoms. The van der Waals surface area contributed by atoms with Gasteiger partial charge in [-0.05, 0) is 51.3 Å². The predicted octanol–water partition coefficient (Wildman–Crippen LogP) is 4.05. The first kappa shape index (κ1) is 19.8. The molecule has 150 valence electrons. The number of benzene rings is 1. The summed E-state index contributed by atoms with van der Waals surface area (Å²) in [6.07, 6.45) is 2.26. The third-order valence-electron chi connectivity index (χ3n) is 4.92. The third kappa shape index (κ3) is 4.43. The van der Waals surface area contributed by atoms with E-state index in [1.54, 1.807) is 23.5 Å². The van der Waals surface area contributed by atoms with Gasteiger partial charge in [0, 0.05) is 21.7 Å². The number of aromatic nitrogens is 2. The summed E-state index contributed by atoms with van der Waals surface area (Å²) in [7, 11) is 0. The number of hydrazine groups is 1. The molecule has 2 heterocycles. The van der Waals surface area contributed by atoms with E-state index in [4.69, 9.17) is 9.97 Å². The maximum atomic E-state index is 12.3. The molecule has 1 saturated carbocycles. The van der Waals surface area contributed by atoms with Gasteiger partial charge in [-0.3, -0.25) is 20.4 Å². The second-order valence-corrected chi connectivity index (χ2v) is 9.45. The first-order chi connectivity index (χ1) is 13.9. The molecule has 0 saturated heterocycles. The fourth-order valence-corrected chi connectivity index (χ4v) is 4.92. The van der Waals surface area contributed by atoms with Crippen LogP contribution < -0.4 is 10.9 Å². The smallest absolute Gasteiger partial charge is 0.269 e. The molecule has 1 aromatic carbocycles. The van der Waals surface area contributed by atoms with Crippen LogP contribution in [0.15, 0.2) is 29.3 Å². The minimum absolute atomic E-state index is 0.165. The van der Waals surface area contributed by atoms with Gasteiger partial charge in [-0.15, -0.1) is 11.3 Å². The second kappa shape index (κ2) is 8.12. The van der Waals surface area contributed by atoms with Crippen molar-refractivity contribution < 1.29 is 9.59 Å². The molecule has 2 aromatic heterocycles. The van der Waals surface area contributed by atoms with Gasteiger partial charge in [-0.2, -0.15) is 0 Å². The topological polar surface area (TPSA) is 84.0 Å². The van der Waals surface area contributed by atoms with E-state index in [1.165, 1.54) is 22.2 Å². The largest absolute Gasteiger partial charge is 0.272 e. The highest BCUT2D eigenvalue weighted by Crippen LogP contribution is 2.42. The SMILES string of the molecule is Cc1ccc(C(=O)NNC(=O)CSc2nc(C3CC3)nc3sc(C)c(C)c23)cc1. The molecule has 0 atom stereocenters. The van der Waals surface area contributed by atoms with Crippen LogP contribution in [-0.4, -0.2) is 27.5 Å². The fourth-order valence-electron chi connectivity index (χ4n) is 2.93. The Balaban J connectivity index is 1.41. The van der Waals surface area contributed by atoms with Gasteiger partial charge in [0.2, 0.25) is 5.91 Å². The molecular formula is C21H22N4O2S2. The van der Waals surface area contributed by atoms with E-state index in [0.717, 1.165) is 39.5 Å². The summed E-state index contributed by atoms with van der Waals surface area (Å²) in [5.74, 6) is 0.880. The molecule has 4 rings (SSSR count). The average Bonchev–Trinajstić information content (AvgIpc) is 3.51. The molecule has 2 amide bonds. The summed E-state index contributed by atoms with van der Waals surface area (Å²) in [6.45, 7) is 6.11. The van der Waals surface area contributed by atoms with Crippen LogP contribution in [-0.2, 0) is 4.79 Å². The number of carbonyl (C=O) groups is 2. The number of hydrogen-bond donors (Lipinski definition) is 2. The van der Waals surface area contributed by atoms with E-state index in [-0.39, 0.29) is 17.6 Å². The zero-order valence-electron chi connectivity index (χ0n) is 16.5. The number of hydrogen-bond acceptors (Lipinski definition) is 6. The summed E-state index contributed by atoms with van der Waals surface area (Å²) < 4.78 is 0. The van der Waals surface area contributed by atoms with Crippen LogP contribution in [0.25, 0.3) is 10.2 Å². The number of amides is 2. The van der Waals surface area contributed by atoms with Crippen LogP contribution in [0.2, 0.25) is 0 Å². The van der Waals surface area contributed by atoms with Crippen LogP contribution in [0, 0.1) is 20.8 Å². The summed E-state index contributed by atoms with van der Waals surface area (Å²) in [5, 5.41) is 1.89. The van der Waals surface area contributed by atoms with Gasteiger partial charge < -0.3 is 0 Å². The molecule has 0 radical (unpaired) electrons. The lowest BCUT2D eigenvalue weighted by atomic mass is 10.1. The Morgan fingerprint density at radius 2 is 1.83 bits per heavy atom. The highest BCUT2D eigenvalue weighted by Gasteiger charge is 2.28. The van der Waals surface area contributed by atoms with Crippen molar-refractivity contribution >= 4 is 45.1 Å². The van der Waals surface area contributed by atoms with Crippen molar-refractivity contribution in [2.45, 2.75) is 44.6 Å². The van der Waals surface area contributed by atoms with Crippen LogP contribution in [0.3, 0.4) is 0 Å². The van der Waals surface area contributed by atoms with Crippen molar-refractivity contribution in [1.29, 1.82) is 0 Å². The van der Waals surface area contributed by atoms with Gasteiger partial charge in [0.25, 0.3) is 5.91 Å². The Kier molecular flexibility index (Phi) is 5.56. The van der Waals surface area contributed by atoms with Crippen molar-refractivity contribution in [3.05, 3.63) is 51.7 Å². The Bertz CT molecular complexity index is 1090. The van der Waals surface area contributed by atoms with Crippen molar-refractivity contribution in [3.63, 3.8) is 0 Å². The number of aryl methyl sites for hydroxylation is 3. The Hall–Kier alpha value is -2.45. The standard InChI is InChI=1S/C21H22N4O2S2/c1-11-4-6-15(7-5-11)19(27)25-24-16(26)10-28-20-17-12(2)13(3)29-21(17)23-18(22-20)14-8-9-14/h4-7,14H,8-10H2,1-3H3,(H,24,26)(H,25,27). The Labute approximate surface area is 177 Å². The molecule has 8 heteroatoms. The number of nitrogens with zero attached hydrogens (tertiary/aromatic N) is 2. The zero-order chi connectivity index (χ0) is 20.5. The minimum atomic E-state index is -0.340. The fraction of sp³-hybridized carbons (Fsp3) is 0.333. The number of fused-ring (bicyclic) bond motifs is 1. The molecular weight excluding hydrogens is 404 g/mol. The molecule has 6 nitrogen and oxygen atoms in total. The molecule has 1 aliphatic rings. The molecule has 0 spiro atoms. The van der Waals surface area contributed by atoms with Crippen molar-refractivity contribution in [3.8, 4) is 0 Å². The molecule has 29 heavy (non-hydrogen) atoms. The number of rotatable bonds is 5. The first-order valence-corrected chi connectivity index (χ1v) is 11.3. The minimum Gasteiger partial charge on any atom is -0.272 e. The molecule has 3 aromatic rings. The quantitative estimate of drug-likeness (QED) is 0.365. The number of carbonyl (C=O) groups excluding carboxylic acids is 2. The summed E-state index contributed by atoms with van der Waals surface area (Å²) in [5.41, 5.74) is 7.69. The molecule has 1 aliphatic carbocycles. The van der Waals surface area contributed by atoms with E-state index < -0.39 is 0 Å². The summed E-state index contributed by atoms with van der Waals surface area (Å²) in [4.78, 5) is 36.1. The van der Waals surface area contributed by atoms with E-state index >= 15 is 0 Å². The normalized spacial score (nSPS) is 13.5. The number of nitrogens with one attached hydrogen (secondary N) is 2. The second-order valence-electron chi connectivity index (χ2n) is 7.28. The maximum Gasteiger partial charge on any atom is 0.269 e. The van der Waals surface area contributed by atoms with E-state index in [2.05, 4.69) is 24.7 Å². The average molecular weight is 427 g/mol. The van der Waals surface area contributed by atoms with E-state index in [0.29, 0.717) is 11.5 Å². The van der Waals surface area contributed by atoms with Gasteiger partial charge in [0.1, 0.15) is 15.7 Å². The maximum absolute atomic E-state index is 12.3. The van der Waals surface area contributed by atoms with E-state index in [9.17, 15) is 9.59 Å². The van der Waals surface area contributed by atoms with Crippen molar-refractivity contribution in [2.24, 2.45) is 0 Å². The lowest BCUT2D eigenvalue weighted by molar-refractivity contribution is -0.119. The highest BCUT2D eigenvalue weighted by atomic mass is 32.2. The third-order valence-corrected chi connectivity index (χ3v) is 7.00. The van der Waals surface area contributed by atoms with Crippen LogP contribution in [0.5, 0.6) is 0 Å². The van der Waals surface area contributed by atoms with Gasteiger partial charge >= 0.3 is 0 Å². The lowest BCUT2D eigenvalue weighted by Crippen LogP contribution is -2.42. The monoisotopic (exact) mass is 426 g/mol. The van der Waals surface area contributed by atoms with Crippen LogP contribution >= 0.6 is 23.1 Å². The van der Waals surface area contributed by atoms with Gasteiger partial charge in [-0.25, -0.2) is 9.97 Å². The molecule has 0 unspecified atom stereocenters. The Morgan fingerprint density at radius 1 is 1.10 bits per heavy atom. The van der Waals surface area contributed by atoms with Crippen LogP contribution in [0.1, 0.15) is 50.9 Å². The molecule has 0 aliphatic heterocycles. The Morgan fingerprint density at radius 3 is 2.52 bits per heavy atom. The number of thioether (sulfide) groups is 1. The van der Waals surface area contributed by atoms with Gasteiger partial charge in [0.05, 0.1) is 5.75 Å². The summed E-state index contributed by atoms with van der Waals surface area (Å²) in [6, 6.07) is 7.17. The van der Waals surface area contributed by atoms with Crippen molar-refractivity contribution in [1.82, 2.24) is 20.8 Å². The zero-order valence-corrected chi connectivity index (χ0v) is 18.2. The van der Waals surface area contributed by atoms with Gasteiger partial charge in [-0.1, -0.05) is 29.5 Å². The predicted molar refractivity (Wildman–Crippen MR) is 116 cm³/mol. The van der Waals surface area contributed by atoms with Crippen molar-refractivity contribution in [2.75, 3.05) is 5.75 Å². The van der Waals surface area contributed by atoms with Crippen LogP contribution in [0.4, 0.5) is 0 Å². The highest BCUT2D eigenvalue weighted by molar-refractivity contribution is 8.00. The summed E-state index contributed by atoms with van der Waals surface area (Å²) >= 11 is 3.06. The van der Waals surface area contributed by atoms with Gasteiger partial charge in [0.15, 0.2) is 0 Å². The lowest BCUT2D eigenvalue weighted by Gasteiger charge is -2.09. The number of thiophene rings is 1. The van der Waals surface area contributed by atoms with E-state index in [1.807, 2.05) is 19.1 Å². The molecule has 2 N–H and O–H groups in total.